The van der Waals surface area contributed by atoms with Crippen LogP contribution >= 0.6 is 22.9 Å². The van der Waals surface area contributed by atoms with E-state index in [0.717, 1.165) is 29.7 Å². The molecule has 0 amide bonds. The number of H-pyrrole nitrogens is 1. The van der Waals surface area contributed by atoms with Crippen molar-refractivity contribution < 1.29 is 9.53 Å². The van der Waals surface area contributed by atoms with E-state index in [2.05, 4.69) is 25.0 Å². The van der Waals surface area contributed by atoms with Gasteiger partial charge in [-0.3, -0.25) is 0 Å². The second kappa shape index (κ2) is 6.97. The summed E-state index contributed by atoms with van der Waals surface area (Å²) in [7, 11) is 1.32. The van der Waals surface area contributed by atoms with Crippen molar-refractivity contribution in [2.75, 3.05) is 19.0 Å². The first kappa shape index (κ1) is 15.8. The number of aromatic nitrogens is 3. The van der Waals surface area contributed by atoms with Crippen molar-refractivity contribution in [1.29, 1.82) is 0 Å². The predicted molar refractivity (Wildman–Crippen MR) is 91.4 cm³/mol. The van der Waals surface area contributed by atoms with Crippen molar-refractivity contribution >= 4 is 45.1 Å². The van der Waals surface area contributed by atoms with E-state index in [0.29, 0.717) is 16.6 Å². The van der Waals surface area contributed by atoms with Crippen LogP contribution in [0.15, 0.2) is 24.3 Å². The average molecular weight is 351 g/mol. The molecule has 2 heterocycles. The van der Waals surface area contributed by atoms with Gasteiger partial charge in [0, 0.05) is 13.0 Å². The van der Waals surface area contributed by atoms with Crippen LogP contribution in [0.2, 0.25) is 5.15 Å². The van der Waals surface area contributed by atoms with Crippen LogP contribution in [-0.2, 0) is 11.2 Å². The van der Waals surface area contributed by atoms with E-state index in [4.69, 9.17) is 11.6 Å². The molecule has 0 aliphatic rings. The molecule has 0 aliphatic heterocycles. The summed E-state index contributed by atoms with van der Waals surface area (Å²) < 4.78 is 4.65. The maximum atomic E-state index is 11.5. The van der Waals surface area contributed by atoms with Crippen LogP contribution in [0.25, 0.3) is 11.0 Å². The van der Waals surface area contributed by atoms with Crippen molar-refractivity contribution in [1.82, 2.24) is 15.0 Å². The first-order valence-electron chi connectivity index (χ1n) is 7.09. The quantitative estimate of drug-likeness (QED) is 0.525. The summed E-state index contributed by atoms with van der Waals surface area (Å²) in [6.45, 7) is 0.710. The molecule has 0 bridgehead atoms. The number of carbonyl (C=O) groups excluding carboxylic acids is 1. The van der Waals surface area contributed by atoms with Crippen LogP contribution in [0.5, 0.6) is 0 Å². The Kier molecular flexibility index (Phi) is 4.78. The Balaban J connectivity index is 1.52. The number of methoxy groups -OCH3 is 1. The fraction of sp³-hybridized carbons (Fsp3) is 0.267. The van der Waals surface area contributed by atoms with Gasteiger partial charge in [-0.2, -0.15) is 0 Å². The summed E-state index contributed by atoms with van der Waals surface area (Å²) in [5, 5.41) is 3.94. The van der Waals surface area contributed by atoms with Crippen molar-refractivity contribution in [3.63, 3.8) is 0 Å². The molecule has 8 heteroatoms. The first-order chi connectivity index (χ1) is 11.2. The number of hydrogen-bond donors (Lipinski definition) is 2. The third kappa shape index (κ3) is 3.62. The Bertz CT molecular complexity index is 797. The summed E-state index contributed by atoms with van der Waals surface area (Å²) >= 11 is 7.11. The average Bonchev–Trinajstić information content (AvgIpc) is 3.13. The van der Waals surface area contributed by atoms with E-state index in [1.165, 1.54) is 18.4 Å². The Hall–Kier alpha value is -2.12. The second-order valence-corrected chi connectivity index (χ2v) is 6.22. The van der Waals surface area contributed by atoms with Gasteiger partial charge >= 0.3 is 5.97 Å². The Morgan fingerprint density at radius 2 is 2.22 bits per heavy atom. The molecule has 0 atom stereocenters. The number of benzene rings is 1. The van der Waals surface area contributed by atoms with Gasteiger partial charge in [0.25, 0.3) is 0 Å². The summed E-state index contributed by atoms with van der Waals surface area (Å²) in [6, 6.07) is 7.95. The molecule has 0 saturated heterocycles. The van der Waals surface area contributed by atoms with Crippen LogP contribution in [0.4, 0.5) is 5.13 Å². The van der Waals surface area contributed by atoms with E-state index in [9.17, 15) is 4.79 Å². The van der Waals surface area contributed by atoms with Gasteiger partial charge in [0.2, 0.25) is 0 Å². The van der Waals surface area contributed by atoms with Crippen molar-refractivity contribution in [3.8, 4) is 0 Å². The number of nitrogens with one attached hydrogen (secondary N) is 2. The molecule has 0 aliphatic carbocycles. The van der Waals surface area contributed by atoms with Gasteiger partial charge in [-0.1, -0.05) is 35.1 Å². The zero-order valence-corrected chi connectivity index (χ0v) is 14.0. The maximum absolute atomic E-state index is 11.5. The minimum Gasteiger partial charge on any atom is -0.465 e. The van der Waals surface area contributed by atoms with Gasteiger partial charge in [-0.05, 0) is 18.6 Å². The molecule has 0 spiro atoms. The number of carbonyl (C=O) groups is 1. The molecule has 0 fully saturated rings. The third-order valence-corrected chi connectivity index (χ3v) is 4.64. The highest BCUT2D eigenvalue weighted by Crippen LogP contribution is 2.27. The lowest BCUT2D eigenvalue weighted by Crippen LogP contribution is -2.03. The van der Waals surface area contributed by atoms with E-state index >= 15 is 0 Å². The standard InChI is InChI=1S/C15H15ClN4O2S/c1-22-14(21)12-13(16)20-15(23-12)17-8-4-7-11-18-9-5-2-3-6-10(9)19-11/h2-3,5-6H,4,7-8H2,1H3,(H,17,20)(H,18,19). The molecule has 3 rings (SSSR count). The number of anilines is 1. The molecule has 2 aromatic heterocycles. The van der Waals surface area contributed by atoms with Crippen molar-refractivity contribution in [3.05, 3.63) is 40.1 Å². The van der Waals surface area contributed by atoms with Gasteiger partial charge in [-0.25, -0.2) is 14.8 Å². The van der Waals surface area contributed by atoms with Crippen LogP contribution in [0.3, 0.4) is 0 Å². The van der Waals surface area contributed by atoms with Crippen molar-refractivity contribution in [2.24, 2.45) is 0 Å². The molecule has 6 nitrogen and oxygen atoms in total. The lowest BCUT2D eigenvalue weighted by atomic mass is 10.3. The highest BCUT2D eigenvalue weighted by molar-refractivity contribution is 7.18. The lowest BCUT2D eigenvalue weighted by Gasteiger charge is -2.00. The molecule has 23 heavy (non-hydrogen) atoms. The Labute approximate surface area is 141 Å². The summed E-state index contributed by atoms with van der Waals surface area (Å²) in [6.07, 6.45) is 1.70. The number of imidazole rings is 1. The number of aromatic amines is 1. The number of ether oxygens (including phenoxy) is 1. The van der Waals surface area contributed by atoms with Gasteiger partial charge in [-0.15, -0.1) is 0 Å². The number of hydrogen-bond acceptors (Lipinski definition) is 6. The van der Waals surface area contributed by atoms with Gasteiger partial charge in [0.15, 0.2) is 15.2 Å². The molecule has 0 unspecified atom stereocenters. The molecule has 0 saturated carbocycles. The van der Waals surface area contributed by atoms with Gasteiger partial charge < -0.3 is 15.0 Å². The number of fused-ring (bicyclic) bond motifs is 1. The van der Waals surface area contributed by atoms with E-state index < -0.39 is 5.97 Å². The number of rotatable bonds is 6. The molecular formula is C15H15ClN4O2S. The van der Waals surface area contributed by atoms with Gasteiger partial charge in [0.05, 0.1) is 18.1 Å². The van der Waals surface area contributed by atoms with E-state index in [1.54, 1.807) is 0 Å². The molecule has 0 radical (unpaired) electrons. The first-order valence-corrected chi connectivity index (χ1v) is 8.29. The Morgan fingerprint density at radius 3 is 3.00 bits per heavy atom. The zero-order chi connectivity index (χ0) is 16.2. The minimum absolute atomic E-state index is 0.168. The number of halogens is 1. The molecule has 2 N–H and O–H groups in total. The minimum atomic E-state index is -0.470. The SMILES string of the molecule is COC(=O)c1sc(NCCCc2nc3ccccc3[nH]2)nc1Cl. The summed E-state index contributed by atoms with van der Waals surface area (Å²) in [4.78, 5) is 23.7. The van der Waals surface area contributed by atoms with Crippen LogP contribution in [0, 0.1) is 0 Å². The molecule has 120 valence electrons. The highest BCUT2D eigenvalue weighted by atomic mass is 35.5. The number of esters is 1. The number of thiazole rings is 1. The third-order valence-electron chi connectivity index (χ3n) is 3.26. The van der Waals surface area contributed by atoms with Crippen molar-refractivity contribution in [2.45, 2.75) is 12.8 Å². The predicted octanol–water partition coefficient (Wildman–Crippen LogP) is 3.50. The molecule has 1 aromatic carbocycles. The van der Waals surface area contributed by atoms with Gasteiger partial charge in [0.1, 0.15) is 5.82 Å². The molecular weight excluding hydrogens is 336 g/mol. The van der Waals surface area contributed by atoms with Crippen LogP contribution < -0.4 is 5.32 Å². The fourth-order valence-electron chi connectivity index (χ4n) is 2.17. The molecule has 3 aromatic rings. The number of nitrogens with zero attached hydrogens (tertiary/aromatic N) is 2. The van der Waals surface area contributed by atoms with E-state index in [-0.39, 0.29) is 5.15 Å². The van der Waals surface area contributed by atoms with Crippen LogP contribution in [-0.4, -0.2) is 34.6 Å². The second-order valence-electron chi connectivity index (χ2n) is 4.86. The highest BCUT2D eigenvalue weighted by Gasteiger charge is 2.16. The lowest BCUT2D eigenvalue weighted by molar-refractivity contribution is 0.0606. The maximum Gasteiger partial charge on any atom is 0.351 e. The summed E-state index contributed by atoms with van der Waals surface area (Å²) in [5.74, 6) is 0.489. The zero-order valence-electron chi connectivity index (χ0n) is 12.4. The normalized spacial score (nSPS) is 10.9. The number of para-hydroxylation sites is 2. The smallest absolute Gasteiger partial charge is 0.351 e. The number of aryl methyl sites for hydroxylation is 1. The largest absolute Gasteiger partial charge is 0.465 e. The summed E-state index contributed by atoms with van der Waals surface area (Å²) in [5.41, 5.74) is 2.02. The Morgan fingerprint density at radius 1 is 1.39 bits per heavy atom. The monoisotopic (exact) mass is 350 g/mol. The topological polar surface area (TPSA) is 79.9 Å². The van der Waals surface area contributed by atoms with E-state index in [1.807, 2.05) is 24.3 Å². The van der Waals surface area contributed by atoms with Crippen LogP contribution in [0.1, 0.15) is 21.9 Å². The fourth-order valence-corrected chi connectivity index (χ4v) is 3.30.